The van der Waals surface area contributed by atoms with Crippen molar-refractivity contribution in [3.63, 3.8) is 0 Å². The third-order valence-electron chi connectivity index (χ3n) is 3.88. The number of piperidine rings is 1. The first-order chi connectivity index (χ1) is 10.7. The van der Waals surface area contributed by atoms with Crippen LogP contribution in [0, 0.1) is 5.92 Å². The Hall–Kier alpha value is -1.85. The molecule has 1 aliphatic rings. The number of benzene rings is 1. The molecule has 1 unspecified atom stereocenters. The van der Waals surface area contributed by atoms with E-state index in [0.29, 0.717) is 11.6 Å². The summed E-state index contributed by atoms with van der Waals surface area (Å²) >= 11 is 5.89. The van der Waals surface area contributed by atoms with Gasteiger partial charge in [-0.25, -0.2) is 4.68 Å². The fraction of sp³-hybridized carbons (Fsp3) is 0.375. The predicted octanol–water partition coefficient (Wildman–Crippen LogP) is 2.52. The lowest BCUT2D eigenvalue weighted by Crippen LogP contribution is -2.37. The second-order valence-corrected chi connectivity index (χ2v) is 5.97. The maximum Gasteiger partial charge on any atom is 0.229 e. The third-order valence-corrected chi connectivity index (χ3v) is 4.13. The van der Waals surface area contributed by atoms with Crippen LogP contribution in [-0.2, 0) is 11.3 Å². The van der Waals surface area contributed by atoms with Crippen LogP contribution in [-0.4, -0.2) is 28.8 Å². The van der Waals surface area contributed by atoms with Gasteiger partial charge in [-0.3, -0.25) is 4.79 Å². The number of anilines is 1. The molecular weight excluding hydrogens is 300 g/mol. The number of nitrogens with one attached hydrogen (secondary N) is 2. The number of carbonyl (C=O) groups excluding carboxylic acids is 1. The average Bonchev–Trinajstić information content (AvgIpc) is 2.97. The van der Waals surface area contributed by atoms with Gasteiger partial charge in [-0.15, -0.1) is 0 Å². The molecule has 1 aliphatic heterocycles. The second kappa shape index (κ2) is 6.94. The van der Waals surface area contributed by atoms with Crippen molar-refractivity contribution in [1.82, 2.24) is 15.1 Å². The maximum atomic E-state index is 12.3. The summed E-state index contributed by atoms with van der Waals surface area (Å²) in [5.41, 5.74) is 1.09. The van der Waals surface area contributed by atoms with E-state index in [1.165, 1.54) is 0 Å². The SMILES string of the molecule is O=C(Nc1ccnn1Cc1ccc(Cl)cc1)C1CCCNC1. The molecule has 0 spiro atoms. The van der Waals surface area contributed by atoms with Crippen molar-refractivity contribution in [2.45, 2.75) is 19.4 Å². The summed E-state index contributed by atoms with van der Waals surface area (Å²) in [5, 5.41) is 11.2. The summed E-state index contributed by atoms with van der Waals surface area (Å²) in [6.07, 6.45) is 3.68. The number of hydrogen-bond donors (Lipinski definition) is 2. The van der Waals surface area contributed by atoms with Crippen LogP contribution in [0.5, 0.6) is 0 Å². The number of amides is 1. The van der Waals surface area contributed by atoms with Gasteiger partial charge in [0, 0.05) is 17.6 Å². The summed E-state index contributed by atoms with van der Waals surface area (Å²) < 4.78 is 1.79. The van der Waals surface area contributed by atoms with Gasteiger partial charge in [0.15, 0.2) is 0 Å². The van der Waals surface area contributed by atoms with Crippen LogP contribution in [0.3, 0.4) is 0 Å². The number of halogens is 1. The molecule has 1 atom stereocenters. The van der Waals surface area contributed by atoms with E-state index in [1.54, 1.807) is 10.9 Å². The van der Waals surface area contributed by atoms with E-state index in [4.69, 9.17) is 11.6 Å². The lowest BCUT2D eigenvalue weighted by Gasteiger charge is -2.22. The first-order valence-electron chi connectivity index (χ1n) is 7.50. The van der Waals surface area contributed by atoms with Gasteiger partial charge in [0.25, 0.3) is 0 Å². The molecular formula is C16H19ClN4O. The first-order valence-corrected chi connectivity index (χ1v) is 7.88. The van der Waals surface area contributed by atoms with Crippen LogP contribution in [0.2, 0.25) is 5.02 Å². The van der Waals surface area contributed by atoms with Gasteiger partial charge in [-0.1, -0.05) is 23.7 Å². The van der Waals surface area contributed by atoms with Gasteiger partial charge in [0.05, 0.1) is 18.7 Å². The number of rotatable bonds is 4. The Bertz CT molecular complexity index is 632. The molecule has 3 rings (SSSR count). The fourth-order valence-corrected chi connectivity index (χ4v) is 2.76. The molecule has 1 aromatic carbocycles. The molecule has 0 radical (unpaired) electrons. The van der Waals surface area contributed by atoms with Gasteiger partial charge in [-0.05, 0) is 37.1 Å². The molecule has 6 heteroatoms. The molecule has 1 amide bonds. The monoisotopic (exact) mass is 318 g/mol. The predicted molar refractivity (Wildman–Crippen MR) is 87.0 cm³/mol. The van der Waals surface area contributed by atoms with Crippen molar-refractivity contribution in [3.05, 3.63) is 47.1 Å². The van der Waals surface area contributed by atoms with Gasteiger partial charge in [-0.2, -0.15) is 5.10 Å². The molecule has 2 N–H and O–H groups in total. The standard InChI is InChI=1S/C16H19ClN4O/c17-14-5-3-12(4-6-14)11-21-15(7-9-19-21)20-16(22)13-2-1-8-18-10-13/h3-7,9,13,18H,1-2,8,10-11H2,(H,20,22). The van der Waals surface area contributed by atoms with Crippen LogP contribution in [0.1, 0.15) is 18.4 Å². The minimum Gasteiger partial charge on any atom is -0.316 e. The van der Waals surface area contributed by atoms with Crippen molar-refractivity contribution in [3.8, 4) is 0 Å². The van der Waals surface area contributed by atoms with Crippen LogP contribution < -0.4 is 10.6 Å². The molecule has 5 nitrogen and oxygen atoms in total. The van der Waals surface area contributed by atoms with E-state index in [1.807, 2.05) is 30.3 Å². The van der Waals surface area contributed by atoms with E-state index < -0.39 is 0 Å². The quantitative estimate of drug-likeness (QED) is 0.910. The van der Waals surface area contributed by atoms with Crippen LogP contribution in [0.4, 0.5) is 5.82 Å². The fourth-order valence-electron chi connectivity index (χ4n) is 2.63. The molecule has 0 aliphatic carbocycles. The zero-order valence-corrected chi connectivity index (χ0v) is 13.0. The Balaban J connectivity index is 1.66. The Kier molecular flexibility index (Phi) is 4.75. The van der Waals surface area contributed by atoms with Crippen molar-refractivity contribution in [2.75, 3.05) is 18.4 Å². The lowest BCUT2D eigenvalue weighted by atomic mass is 9.99. The first kappa shape index (κ1) is 15.1. The molecule has 2 heterocycles. The molecule has 0 bridgehead atoms. The highest BCUT2D eigenvalue weighted by atomic mass is 35.5. The van der Waals surface area contributed by atoms with E-state index in [0.717, 1.165) is 37.3 Å². The van der Waals surface area contributed by atoms with E-state index >= 15 is 0 Å². The second-order valence-electron chi connectivity index (χ2n) is 5.53. The molecule has 1 fully saturated rings. The molecule has 1 aromatic heterocycles. The highest BCUT2D eigenvalue weighted by Gasteiger charge is 2.21. The van der Waals surface area contributed by atoms with Crippen molar-refractivity contribution in [1.29, 1.82) is 0 Å². The van der Waals surface area contributed by atoms with E-state index in [-0.39, 0.29) is 11.8 Å². The lowest BCUT2D eigenvalue weighted by molar-refractivity contribution is -0.120. The molecule has 0 saturated carbocycles. The third kappa shape index (κ3) is 3.67. The minimum atomic E-state index is 0.0348. The van der Waals surface area contributed by atoms with Gasteiger partial charge >= 0.3 is 0 Å². The Morgan fingerprint density at radius 2 is 2.18 bits per heavy atom. The zero-order valence-electron chi connectivity index (χ0n) is 12.3. The Morgan fingerprint density at radius 1 is 1.36 bits per heavy atom. The summed E-state index contributed by atoms with van der Waals surface area (Å²) in [5.74, 6) is 0.822. The number of hydrogen-bond acceptors (Lipinski definition) is 3. The van der Waals surface area contributed by atoms with E-state index in [2.05, 4.69) is 15.7 Å². The minimum absolute atomic E-state index is 0.0348. The summed E-state index contributed by atoms with van der Waals surface area (Å²) in [7, 11) is 0. The Morgan fingerprint density at radius 3 is 2.91 bits per heavy atom. The van der Waals surface area contributed by atoms with Gasteiger partial charge in [0.1, 0.15) is 5.82 Å². The van der Waals surface area contributed by atoms with Crippen LogP contribution in [0.25, 0.3) is 0 Å². The van der Waals surface area contributed by atoms with E-state index in [9.17, 15) is 4.79 Å². The summed E-state index contributed by atoms with van der Waals surface area (Å²) in [6.45, 7) is 2.35. The van der Waals surface area contributed by atoms with Crippen LogP contribution in [0.15, 0.2) is 36.5 Å². The van der Waals surface area contributed by atoms with Crippen molar-refractivity contribution >= 4 is 23.3 Å². The largest absolute Gasteiger partial charge is 0.316 e. The number of aromatic nitrogens is 2. The maximum absolute atomic E-state index is 12.3. The summed E-state index contributed by atoms with van der Waals surface area (Å²) in [6, 6.07) is 9.45. The highest BCUT2D eigenvalue weighted by Crippen LogP contribution is 2.16. The molecule has 22 heavy (non-hydrogen) atoms. The molecule has 2 aromatic rings. The topological polar surface area (TPSA) is 59.0 Å². The number of nitrogens with zero attached hydrogens (tertiary/aromatic N) is 2. The molecule has 116 valence electrons. The Labute approximate surface area is 134 Å². The van der Waals surface area contributed by atoms with Gasteiger partial charge < -0.3 is 10.6 Å². The normalized spacial score (nSPS) is 18.1. The van der Waals surface area contributed by atoms with Gasteiger partial charge in [0.2, 0.25) is 5.91 Å². The smallest absolute Gasteiger partial charge is 0.229 e. The molecule has 1 saturated heterocycles. The number of carbonyl (C=O) groups is 1. The van der Waals surface area contributed by atoms with Crippen molar-refractivity contribution in [2.24, 2.45) is 5.92 Å². The zero-order chi connectivity index (χ0) is 15.4. The van der Waals surface area contributed by atoms with Crippen molar-refractivity contribution < 1.29 is 4.79 Å². The highest BCUT2D eigenvalue weighted by molar-refractivity contribution is 6.30. The van der Waals surface area contributed by atoms with Crippen LogP contribution >= 0.6 is 11.6 Å². The summed E-state index contributed by atoms with van der Waals surface area (Å²) in [4.78, 5) is 12.3. The average molecular weight is 319 g/mol.